The summed E-state index contributed by atoms with van der Waals surface area (Å²) >= 11 is 1.59. The van der Waals surface area contributed by atoms with Crippen molar-refractivity contribution in [3.63, 3.8) is 0 Å². The van der Waals surface area contributed by atoms with Gasteiger partial charge < -0.3 is 0 Å². The van der Waals surface area contributed by atoms with Crippen LogP contribution in [0.2, 0.25) is 0 Å². The number of hydrogen-bond donors (Lipinski definition) is 2. The van der Waals surface area contributed by atoms with E-state index in [1.165, 1.54) is 0 Å². The molecule has 0 aliphatic heterocycles. The molecule has 0 fully saturated rings. The maximum absolute atomic E-state index is 12.5. The summed E-state index contributed by atoms with van der Waals surface area (Å²) in [5, 5.41) is 13.5. The van der Waals surface area contributed by atoms with Crippen LogP contribution in [0.15, 0.2) is 60.0 Å². The molecule has 27 heavy (non-hydrogen) atoms. The lowest BCUT2D eigenvalue weighted by Gasteiger charge is -2.22. The van der Waals surface area contributed by atoms with E-state index in [2.05, 4.69) is 4.72 Å². The fourth-order valence-electron chi connectivity index (χ4n) is 2.74. The van der Waals surface area contributed by atoms with Crippen LogP contribution < -0.4 is 9.79 Å². The summed E-state index contributed by atoms with van der Waals surface area (Å²) in [6.45, 7) is 1.68. The third-order valence-corrected chi connectivity index (χ3v) is 6.37. The number of rotatable bonds is 7. The van der Waals surface area contributed by atoms with Gasteiger partial charge in [-0.25, -0.2) is 13.1 Å². The van der Waals surface area contributed by atoms with Crippen molar-refractivity contribution in [3.05, 3.63) is 65.5 Å². The Hall–Kier alpha value is -2.26. The van der Waals surface area contributed by atoms with Crippen LogP contribution in [0.1, 0.15) is 18.9 Å². The second kappa shape index (κ2) is 8.18. The van der Waals surface area contributed by atoms with Crippen LogP contribution in [0.25, 0.3) is 10.1 Å². The van der Waals surface area contributed by atoms with Crippen molar-refractivity contribution >= 4 is 43.0 Å². The molecule has 0 bridgehead atoms. The van der Waals surface area contributed by atoms with E-state index in [0.717, 1.165) is 10.1 Å². The minimum absolute atomic E-state index is 0.214. The monoisotopic (exact) mass is 404 g/mol. The van der Waals surface area contributed by atoms with Crippen LogP contribution in [0.4, 0.5) is 5.69 Å². The molecule has 2 aromatic carbocycles. The molecule has 0 aliphatic carbocycles. The zero-order valence-electron chi connectivity index (χ0n) is 14.7. The molecule has 0 aliphatic rings. The quantitative estimate of drug-likeness (QED) is 0.466. The number of carbonyl (C=O) groups excluding carboxylic acids is 1. The number of thiophene rings is 1. The summed E-state index contributed by atoms with van der Waals surface area (Å²) in [5.74, 6) is -0.958. The molecule has 0 unspecified atom stereocenters. The molecule has 6 nitrogen and oxygen atoms in total. The number of sulfonamides is 1. The van der Waals surface area contributed by atoms with Gasteiger partial charge in [0.05, 0.1) is 11.4 Å². The highest BCUT2D eigenvalue weighted by Gasteiger charge is 2.27. The van der Waals surface area contributed by atoms with Crippen molar-refractivity contribution in [3.8, 4) is 0 Å². The molecule has 0 radical (unpaired) electrons. The first-order valence-electron chi connectivity index (χ1n) is 8.43. The number of amides is 1. The SMILES string of the molecule is CC[C@@H](NS(=O)(=O)Cc1ccc2sccc2c1)C(=O)N(O)c1ccccc1. The van der Waals surface area contributed by atoms with Crippen molar-refractivity contribution in [2.75, 3.05) is 5.06 Å². The average molecular weight is 405 g/mol. The molecule has 142 valence electrons. The first-order chi connectivity index (χ1) is 12.9. The Morgan fingerprint density at radius 3 is 2.63 bits per heavy atom. The van der Waals surface area contributed by atoms with E-state index in [-0.39, 0.29) is 17.9 Å². The number of carbonyl (C=O) groups is 1. The van der Waals surface area contributed by atoms with E-state index in [4.69, 9.17) is 0 Å². The van der Waals surface area contributed by atoms with Crippen molar-refractivity contribution in [1.82, 2.24) is 4.72 Å². The first-order valence-corrected chi connectivity index (χ1v) is 11.0. The van der Waals surface area contributed by atoms with Crippen LogP contribution in [-0.4, -0.2) is 25.6 Å². The topological polar surface area (TPSA) is 86.7 Å². The molecular weight excluding hydrogens is 384 g/mol. The van der Waals surface area contributed by atoms with Crippen molar-refractivity contribution < 1.29 is 18.4 Å². The summed E-state index contributed by atoms with van der Waals surface area (Å²) in [4.78, 5) is 12.5. The van der Waals surface area contributed by atoms with E-state index in [0.29, 0.717) is 10.6 Å². The first kappa shape index (κ1) is 19.5. The van der Waals surface area contributed by atoms with Gasteiger partial charge in [-0.1, -0.05) is 31.2 Å². The zero-order chi connectivity index (χ0) is 19.4. The van der Waals surface area contributed by atoms with E-state index in [1.54, 1.807) is 54.7 Å². The maximum Gasteiger partial charge on any atom is 0.268 e. The van der Waals surface area contributed by atoms with Crippen LogP contribution in [0, 0.1) is 0 Å². The minimum atomic E-state index is -3.76. The molecule has 1 amide bonds. The van der Waals surface area contributed by atoms with Crippen molar-refractivity contribution in [2.45, 2.75) is 25.1 Å². The van der Waals surface area contributed by atoms with Gasteiger partial charge in [0.25, 0.3) is 5.91 Å². The summed E-state index contributed by atoms with van der Waals surface area (Å²) in [6.07, 6.45) is 0.214. The van der Waals surface area contributed by atoms with Gasteiger partial charge in [-0.05, 0) is 53.1 Å². The molecule has 0 saturated carbocycles. The minimum Gasteiger partial charge on any atom is -0.281 e. The van der Waals surface area contributed by atoms with Crippen LogP contribution in [-0.2, 0) is 20.6 Å². The van der Waals surface area contributed by atoms with Crippen LogP contribution in [0.5, 0.6) is 0 Å². The largest absolute Gasteiger partial charge is 0.281 e. The Morgan fingerprint density at radius 2 is 1.93 bits per heavy atom. The number of anilines is 1. The van der Waals surface area contributed by atoms with Crippen molar-refractivity contribution in [1.29, 1.82) is 0 Å². The highest BCUT2D eigenvalue weighted by molar-refractivity contribution is 7.88. The normalized spacial score (nSPS) is 12.8. The summed E-state index contributed by atoms with van der Waals surface area (Å²) in [6, 6.07) is 14.6. The van der Waals surface area contributed by atoms with E-state index in [9.17, 15) is 18.4 Å². The van der Waals surface area contributed by atoms with Gasteiger partial charge >= 0.3 is 0 Å². The summed E-state index contributed by atoms with van der Waals surface area (Å²) in [7, 11) is -3.76. The van der Waals surface area contributed by atoms with Gasteiger partial charge in [0.1, 0.15) is 6.04 Å². The van der Waals surface area contributed by atoms with Crippen LogP contribution in [0.3, 0.4) is 0 Å². The number of hydrogen-bond acceptors (Lipinski definition) is 5. The van der Waals surface area contributed by atoms with Gasteiger partial charge in [-0.2, -0.15) is 5.06 Å². The molecular formula is C19H20N2O4S2. The standard InChI is InChI=1S/C19H20N2O4S2/c1-2-17(19(22)21(23)16-6-4-3-5-7-16)20-27(24,25)13-14-8-9-18-15(12-14)10-11-26-18/h3-12,17,20,23H,2,13H2,1H3/t17-/m1/s1. The smallest absolute Gasteiger partial charge is 0.268 e. The Labute approximate surface area is 162 Å². The molecule has 2 N–H and O–H groups in total. The van der Waals surface area contributed by atoms with Gasteiger partial charge in [0.2, 0.25) is 10.0 Å². The number of fused-ring (bicyclic) bond motifs is 1. The fourth-order valence-corrected chi connectivity index (χ4v) is 4.91. The predicted octanol–water partition coefficient (Wildman–Crippen LogP) is 3.52. The fraction of sp³-hybridized carbons (Fsp3) is 0.211. The molecule has 8 heteroatoms. The number of benzene rings is 2. The summed E-state index contributed by atoms with van der Waals surface area (Å²) < 4.78 is 28.6. The van der Waals surface area contributed by atoms with Gasteiger partial charge in [0, 0.05) is 4.70 Å². The molecule has 1 heterocycles. The average Bonchev–Trinajstić information content (AvgIpc) is 3.13. The Balaban J connectivity index is 1.72. The zero-order valence-corrected chi connectivity index (χ0v) is 16.3. The third kappa shape index (κ3) is 4.72. The van der Waals surface area contributed by atoms with Gasteiger partial charge in [-0.3, -0.25) is 10.0 Å². The summed E-state index contributed by atoms with van der Waals surface area (Å²) in [5.41, 5.74) is 0.919. The number of hydroxylamine groups is 1. The van der Waals surface area contributed by atoms with Crippen molar-refractivity contribution in [2.24, 2.45) is 0 Å². The van der Waals surface area contributed by atoms with E-state index in [1.807, 2.05) is 23.6 Å². The maximum atomic E-state index is 12.5. The molecule has 0 saturated heterocycles. The lowest BCUT2D eigenvalue weighted by Crippen LogP contribution is -2.47. The second-order valence-electron chi connectivity index (χ2n) is 6.12. The molecule has 3 rings (SSSR count). The molecule has 0 spiro atoms. The third-order valence-electron chi connectivity index (χ3n) is 4.11. The number of para-hydroxylation sites is 1. The van der Waals surface area contributed by atoms with E-state index >= 15 is 0 Å². The Morgan fingerprint density at radius 1 is 1.19 bits per heavy atom. The predicted molar refractivity (Wildman–Crippen MR) is 107 cm³/mol. The van der Waals surface area contributed by atoms with Gasteiger partial charge in [-0.15, -0.1) is 11.3 Å². The molecule has 3 aromatic rings. The lowest BCUT2D eigenvalue weighted by atomic mass is 10.2. The van der Waals surface area contributed by atoms with Crippen LogP contribution >= 0.6 is 11.3 Å². The number of nitrogens with one attached hydrogen (secondary N) is 1. The Bertz CT molecular complexity index is 1030. The molecule has 1 atom stereocenters. The highest BCUT2D eigenvalue weighted by atomic mass is 32.2. The lowest BCUT2D eigenvalue weighted by molar-refractivity contribution is -0.125. The Kier molecular flexibility index (Phi) is 5.91. The van der Waals surface area contributed by atoms with E-state index < -0.39 is 22.0 Å². The molecule has 1 aromatic heterocycles. The number of nitrogens with zero attached hydrogens (tertiary/aromatic N) is 1. The second-order valence-corrected chi connectivity index (χ2v) is 8.82. The van der Waals surface area contributed by atoms with Gasteiger partial charge in [0.15, 0.2) is 0 Å². The highest BCUT2D eigenvalue weighted by Crippen LogP contribution is 2.22.